The molecule has 0 aliphatic heterocycles. The summed E-state index contributed by atoms with van der Waals surface area (Å²) in [5, 5.41) is 3.31. The first-order valence-electron chi connectivity index (χ1n) is 6.52. The van der Waals surface area contributed by atoms with Crippen molar-refractivity contribution < 1.29 is 9.13 Å². The SMILES string of the molecule is CCNCCC(C)(C)Cc1cccc(OC)c1F. The van der Waals surface area contributed by atoms with Gasteiger partial charge in [-0.25, -0.2) is 4.39 Å². The van der Waals surface area contributed by atoms with E-state index < -0.39 is 0 Å². The minimum absolute atomic E-state index is 0.0787. The molecule has 0 unspecified atom stereocenters. The lowest BCUT2D eigenvalue weighted by Gasteiger charge is -2.25. The van der Waals surface area contributed by atoms with Crippen molar-refractivity contribution in [2.24, 2.45) is 5.41 Å². The predicted molar refractivity (Wildman–Crippen MR) is 73.6 cm³/mol. The Hall–Kier alpha value is -1.09. The summed E-state index contributed by atoms with van der Waals surface area (Å²) in [7, 11) is 1.50. The lowest BCUT2D eigenvalue weighted by Crippen LogP contribution is -2.24. The zero-order valence-corrected chi connectivity index (χ0v) is 11.8. The van der Waals surface area contributed by atoms with Crippen LogP contribution in [0.25, 0.3) is 0 Å². The van der Waals surface area contributed by atoms with Crippen LogP contribution in [0.3, 0.4) is 0 Å². The summed E-state index contributed by atoms with van der Waals surface area (Å²) < 4.78 is 19.1. The number of benzene rings is 1. The molecule has 0 amide bonds. The van der Waals surface area contributed by atoms with Gasteiger partial charge in [0.25, 0.3) is 0 Å². The third kappa shape index (κ3) is 4.30. The van der Waals surface area contributed by atoms with E-state index in [-0.39, 0.29) is 11.2 Å². The molecule has 0 aromatic heterocycles. The van der Waals surface area contributed by atoms with Gasteiger partial charge in [-0.2, -0.15) is 0 Å². The van der Waals surface area contributed by atoms with Gasteiger partial charge in [-0.15, -0.1) is 0 Å². The van der Waals surface area contributed by atoms with Crippen molar-refractivity contribution >= 4 is 0 Å². The van der Waals surface area contributed by atoms with Crippen LogP contribution in [0.15, 0.2) is 18.2 Å². The molecular weight excluding hydrogens is 229 g/mol. The highest BCUT2D eigenvalue weighted by molar-refractivity contribution is 5.31. The van der Waals surface area contributed by atoms with E-state index in [0.29, 0.717) is 5.75 Å². The van der Waals surface area contributed by atoms with Crippen LogP contribution in [0.2, 0.25) is 0 Å². The summed E-state index contributed by atoms with van der Waals surface area (Å²) in [6, 6.07) is 5.34. The van der Waals surface area contributed by atoms with Crippen LogP contribution < -0.4 is 10.1 Å². The third-order valence-corrected chi connectivity index (χ3v) is 3.16. The standard InChI is InChI=1S/C15H24FNO/c1-5-17-10-9-15(2,3)11-12-7-6-8-13(18-4)14(12)16/h6-8,17H,5,9-11H2,1-4H3. The number of methoxy groups -OCH3 is 1. The summed E-state index contributed by atoms with van der Waals surface area (Å²) in [6.45, 7) is 8.37. The van der Waals surface area contributed by atoms with Crippen LogP contribution in [-0.4, -0.2) is 20.2 Å². The maximum absolute atomic E-state index is 14.1. The second-order valence-electron chi connectivity index (χ2n) is 5.38. The van der Waals surface area contributed by atoms with E-state index in [1.54, 1.807) is 6.07 Å². The van der Waals surface area contributed by atoms with E-state index in [4.69, 9.17) is 4.74 Å². The maximum Gasteiger partial charge on any atom is 0.168 e. The first-order chi connectivity index (χ1) is 8.50. The number of hydrogen-bond donors (Lipinski definition) is 1. The van der Waals surface area contributed by atoms with Crippen LogP contribution >= 0.6 is 0 Å². The molecule has 0 fully saturated rings. The van der Waals surface area contributed by atoms with Crippen molar-refractivity contribution in [3.63, 3.8) is 0 Å². The van der Waals surface area contributed by atoms with Crippen molar-refractivity contribution in [1.29, 1.82) is 0 Å². The summed E-state index contributed by atoms with van der Waals surface area (Å²) in [5.41, 5.74) is 0.811. The van der Waals surface area contributed by atoms with Gasteiger partial charge >= 0.3 is 0 Å². The fourth-order valence-electron chi connectivity index (χ4n) is 2.06. The minimum Gasteiger partial charge on any atom is -0.494 e. The fraction of sp³-hybridized carbons (Fsp3) is 0.600. The van der Waals surface area contributed by atoms with Crippen LogP contribution in [0.1, 0.15) is 32.8 Å². The average molecular weight is 253 g/mol. The normalized spacial score (nSPS) is 11.6. The van der Waals surface area contributed by atoms with E-state index in [2.05, 4.69) is 26.1 Å². The smallest absolute Gasteiger partial charge is 0.168 e. The Labute approximate surface area is 110 Å². The Morgan fingerprint density at radius 2 is 2.06 bits per heavy atom. The van der Waals surface area contributed by atoms with Crippen LogP contribution in [-0.2, 0) is 6.42 Å². The van der Waals surface area contributed by atoms with Gasteiger partial charge in [-0.3, -0.25) is 0 Å². The molecule has 1 aromatic rings. The summed E-state index contributed by atoms with van der Waals surface area (Å²) in [5.74, 6) is 0.103. The first-order valence-corrected chi connectivity index (χ1v) is 6.52. The molecular formula is C15H24FNO. The molecule has 0 spiro atoms. The number of halogens is 1. The van der Waals surface area contributed by atoms with Crippen molar-refractivity contribution in [3.05, 3.63) is 29.6 Å². The van der Waals surface area contributed by atoms with Gasteiger partial charge in [0.15, 0.2) is 11.6 Å². The molecule has 0 bridgehead atoms. The highest BCUT2D eigenvalue weighted by Gasteiger charge is 2.21. The summed E-state index contributed by atoms with van der Waals surface area (Å²) in [4.78, 5) is 0. The lowest BCUT2D eigenvalue weighted by atomic mass is 9.82. The maximum atomic E-state index is 14.1. The summed E-state index contributed by atoms with van der Waals surface area (Å²) >= 11 is 0. The molecule has 1 rings (SSSR count). The third-order valence-electron chi connectivity index (χ3n) is 3.16. The van der Waals surface area contributed by atoms with Crippen molar-refractivity contribution in [2.45, 2.75) is 33.6 Å². The van der Waals surface area contributed by atoms with Gasteiger partial charge in [0.2, 0.25) is 0 Å². The Bertz CT molecular complexity index is 377. The molecule has 18 heavy (non-hydrogen) atoms. The quantitative estimate of drug-likeness (QED) is 0.752. The highest BCUT2D eigenvalue weighted by Crippen LogP contribution is 2.29. The van der Waals surface area contributed by atoms with Crippen LogP contribution in [0, 0.1) is 11.2 Å². The van der Waals surface area contributed by atoms with Gasteiger partial charge in [-0.1, -0.05) is 32.9 Å². The molecule has 3 heteroatoms. The largest absolute Gasteiger partial charge is 0.494 e. The fourth-order valence-corrected chi connectivity index (χ4v) is 2.06. The van der Waals surface area contributed by atoms with E-state index in [1.165, 1.54) is 7.11 Å². The zero-order valence-electron chi connectivity index (χ0n) is 11.8. The van der Waals surface area contributed by atoms with E-state index in [1.807, 2.05) is 12.1 Å². The van der Waals surface area contributed by atoms with Crippen molar-refractivity contribution in [2.75, 3.05) is 20.2 Å². The Balaban J connectivity index is 2.71. The molecule has 0 aliphatic carbocycles. The second-order valence-corrected chi connectivity index (χ2v) is 5.38. The van der Waals surface area contributed by atoms with Crippen LogP contribution in [0.4, 0.5) is 4.39 Å². The highest BCUT2D eigenvalue weighted by atomic mass is 19.1. The molecule has 102 valence electrons. The van der Waals surface area contributed by atoms with Gasteiger partial charge in [-0.05, 0) is 43.0 Å². The monoisotopic (exact) mass is 253 g/mol. The summed E-state index contributed by atoms with van der Waals surface area (Å²) in [6.07, 6.45) is 1.75. The van der Waals surface area contributed by atoms with Gasteiger partial charge < -0.3 is 10.1 Å². The Morgan fingerprint density at radius 3 is 2.67 bits per heavy atom. The molecule has 0 radical (unpaired) electrons. The van der Waals surface area contributed by atoms with Crippen molar-refractivity contribution in [1.82, 2.24) is 5.32 Å². The zero-order chi connectivity index (χ0) is 13.6. The van der Waals surface area contributed by atoms with Gasteiger partial charge in [0, 0.05) is 0 Å². The molecule has 0 heterocycles. The second kappa shape index (κ2) is 6.74. The van der Waals surface area contributed by atoms with E-state index in [0.717, 1.165) is 31.5 Å². The lowest BCUT2D eigenvalue weighted by molar-refractivity contribution is 0.318. The molecule has 0 saturated carbocycles. The molecule has 2 nitrogen and oxygen atoms in total. The Morgan fingerprint density at radius 1 is 1.33 bits per heavy atom. The molecule has 0 saturated heterocycles. The predicted octanol–water partition coefficient (Wildman–Crippen LogP) is 3.40. The minimum atomic E-state index is -0.225. The molecule has 0 atom stereocenters. The molecule has 0 aliphatic rings. The van der Waals surface area contributed by atoms with Crippen LogP contribution in [0.5, 0.6) is 5.75 Å². The molecule has 1 aromatic carbocycles. The van der Waals surface area contributed by atoms with E-state index in [9.17, 15) is 4.39 Å². The number of rotatable bonds is 7. The Kier molecular flexibility index (Phi) is 5.60. The number of nitrogens with one attached hydrogen (secondary N) is 1. The molecule has 1 N–H and O–H groups in total. The van der Waals surface area contributed by atoms with Gasteiger partial charge in [0.1, 0.15) is 0 Å². The van der Waals surface area contributed by atoms with Crippen molar-refractivity contribution in [3.8, 4) is 5.75 Å². The number of ether oxygens (including phenoxy) is 1. The van der Waals surface area contributed by atoms with E-state index >= 15 is 0 Å². The number of hydrogen-bond acceptors (Lipinski definition) is 2. The average Bonchev–Trinajstić information content (AvgIpc) is 2.32. The van der Waals surface area contributed by atoms with Gasteiger partial charge in [0.05, 0.1) is 7.11 Å². The topological polar surface area (TPSA) is 21.3 Å². The first kappa shape index (κ1) is 15.0.